The molecule has 0 saturated carbocycles. The Balaban J connectivity index is 2.81. The fourth-order valence-corrected chi connectivity index (χ4v) is 2.51. The smallest absolute Gasteiger partial charge is 0.327 e. The summed E-state index contributed by atoms with van der Waals surface area (Å²) in [6, 6.07) is 0.237. The second-order valence-electron chi connectivity index (χ2n) is 3.01. The monoisotopic (exact) mass is 291 g/mol. The summed E-state index contributed by atoms with van der Waals surface area (Å²) in [5.74, 6) is 0.363. The van der Waals surface area contributed by atoms with Crippen LogP contribution < -0.4 is 5.32 Å². The first-order valence-electron chi connectivity index (χ1n) is 4.37. The van der Waals surface area contributed by atoms with Crippen LogP contribution in [-0.2, 0) is 4.79 Å². The molecule has 2 N–H and O–H groups in total. The van der Waals surface area contributed by atoms with Crippen molar-refractivity contribution < 1.29 is 14.7 Å². The van der Waals surface area contributed by atoms with Crippen molar-refractivity contribution in [3.05, 3.63) is 20.3 Å². The van der Waals surface area contributed by atoms with Gasteiger partial charge in [-0.25, -0.2) is 4.79 Å². The van der Waals surface area contributed by atoms with Crippen LogP contribution in [0.4, 0.5) is 0 Å². The van der Waals surface area contributed by atoms with Gasteiger partial charge in [-0.2, -0.15) is 0 Å². The number of amides is 1. The van der Waals surface area contributed by atoms with Crippen molar-refractivity contribution >= 4 is 46.4 Å². The maximum atomic E-state index is 11.7. The highest BCUT2D eigenvalue weighted by atomic mass is 35.5. The highest BCUT2D eigenvalue weighted by molar-refractivity contribution is 7.20. The normalized spacial score (nSPS) is 11.6. The fraction of sp³-hybridized carbons (Fsp3) is 0.200. The van der Waals surface area contributed by atoms with E-state index in [9.17, 15) is 9.59 Å². The molecule has 1 aromatic heterocycles. The van der Waals surface area contributed by atoms with Crippen LogP contribution in [0, 0.1) is 12.3 Å². The first-order chi connectivity index (χ1) is 7.95. The van der Waals surface area contributed by atoms with Gasteiger partial charge in [-0.3, -0.25) is 4.79 Å². The summed E-state index contributed by atoms with van der Waals surface area (Å²) in [5, 5.41) is 11.1. The average Bonchev–Trinajstić information content (AvgIpc) is 2.57. The van der Waals surface area contributed by atoms with Crippen molar-refractivity contribution in [2.45, 2.75) is 12.5 Å². The number of carboxylic acid groups (broad SMARTS) is 1. The van der Waals surface area contributed by atoms with Gasteiger partial charge in [0, 0.05) is 6.42 Å². The van der Waals surface area contributed by atoms with E-state index < -0.39 is 17.9 Å². The number of carbonyl (C=O) groups is 2. The SMILES string of the molecule is C#CCC(NC(=O)c1cc(Cl)sc1Cl)C(=O)O. The molecule has 1 atom stereocenters. The molecule has 0 aliphatic heterocycles. The van der Waals surface area contributed by atoms with E-state index in [1.54, 1.807) is 0 Å². The lowest BCUT2D eigenvalue weighted by molar-refractivity contribution is -0.139. The van der Waals surface area contributed by atoms with Crippen LogP contribution in [0.5, 0.6) is 0 Å². The Hall–Kier alpha value is -1.22. The van der Waals surface area contributed by atoms with E-state index in [0.29, 0.717) is 4.34 Å². The van der Waals surface area contributed by atoms with Gasteiger partial charge in [0.05, 0.1) is 9.90 Å². The molecule has 90 valence electrons. The lowest BCUT2D eigenvalue weighted by Crippen LogP contribution is -2.40. The molecular formula is C10H7Cl2NO3S. The third-order valence-corrected chi connectivity index (χ3v) is 3.31. The summed E-state index contributed by atoms with van der Waals surface area (Å²) in [4.78, 5) is 22.5. The lowest BCUT2D eigenvalue weighted by Gasteiger charge is -2.10. The second kappa shape index (κ2) is 5.92. The zero-order chi connectivity index (χ0) is 13.0. The number of hydrogen-bond donors (Lipinski definition) is 2. The van der Waals surface area contributed by atoms with Crippen molar-refractivity contribution in [3.63, 3.8) is 0 Å². The molecule has 0 aliphatic carbocycles. The Kier molecular flexibility index (Phi) is 4.82. The Morgan fingerprint density at radius 3 is 2.65 bits per heavy atom. The molecule has 17 heavy (non-hydrogen) atoms. The number of nitrogens with one attached hydrogen (secondary N) is 1. The topological polar surface area (TPSA) is 66.4 Å². The molecule has 0 aliphatic rings. The number of carbonyl (C=O) groups excluding carboxylic acids is 1. The van der Waals surface area contributed by atoms with E-state index in [1.807, 2.05) is 0 Å². The van der Waals surface area contributed by atoms with Crippen molar-refractivity contribution in [1.29, 1.82) is 0 Å². The predicted octanol–water partition coefficient (Wildman–Crippen LogP) is 2.26. The zero-order valence-electron chi connectivity index (χ0n) is 8.37. The molecule has 0 spiro atoms. The van der Waals surface area contributed by atoms with Crippen LogP contribution in [0.2, 0.25) is 8.67 Å². The molecule has 7 heteroatoms. The first kappa shape index (κ1) is 13.8. The second-order valence-corrected chi connectivity index (χ2v) is 5.30. The van der Waals surface area contributed by atoms with Gasteiger partial charge in [-0.05, 0) is 6.07 Å². The number of aliphatic carboxylic acids is 1. The van der Waals surface area contributed by atoms with Gasteiger partial charge in [0.2, 0.25) is 0 Å². The summed E-state index contributed by atoms with van der Waals surface area (Å²) in [6.07, 6.45) is 4.91. The van der Waals surface area contributed by atoms with Crippen molar-refractivity contribution in [3.8, 4) is 12.3 Å². The highest BCUT2D eigenvalue weighted by Gasteiger charge is 2.22. The summed E-state index contributed by atoms with van der Waals surface area (Å²) < 4.78 is 0.557. The van der Waals surface area contributed by atoms with E-state index in [0.717, 1.165) is 11.3 Å². The zero-order valence-corrected chi connectivity index (χ0v) is 10.7. The van der Waals surface area contributed by atoms with Gasteiger partial charge in [0.1, 0.15) is 10.4 Å². The lowest BCUT2D eigenvalue weighted by atomic mass is 10.2. The Labute approximate surface area is 112 Å². The molecule has 1 rings (SSSR count). The van der Waals surface area contributed by atoms with Crippen molar-refractivity contribution in [2.75, 3.05) is 0 Å². The summed E-state index contributed by atoms with van der Waals surface area (Å²) in [6.45, 7) is 0. The van der Waals surface area contributed by atoms with Crippen molar-refractivity contribution in [2.24, 2.45) is 0 Å². The molecule has 1 amide bonds. The van der Waals surface area contributed by atoms with Crippen LogP contribution in [-0.4, -0.2) is 23.0 Å². The first-order valence-corrected chi connectivity index (χ1v) is 5.95. The number of hydrogen-bond acceptors (Lipinski definition) is 3. The van der Waals surface area contributed by atoms with Gasteiger partial charge in [-0.1, -0.05) is 23.2 Å². The predicted molar refractivity (Wildman–Crippen MR) is 66.7 cm³/mol. The molecule has 0 fully saturated rings. The quantitative estimate of drug-likeness (QED) is 0.836. The van der Waals surface area contributed by atoms with E-state index in [-0.39, 0.29) is 16.3 Å². The number of terminal acetylenes is 1. The number of rotatable bonds is 4. The van der Waals surface area contributed by atoms with Crippen LogP contribution in [0.25, 0.3) is 0 Å². The molecule has 0 bridgehead atoms. The largest absolute Gasteiger partial charge is 0.480 e. The van der Waals surface area contributed by atoms with Crippen LogP contribution in [0.3, 0.4) is 0 Å². The van der Waals surface area contributed by atoms with E-state index in [1.165, 1.54) is 6.07 Å². The molecule has 0 aromatic carbocycles. The maximum Gasteiger partial charge on any atom is 0.327 e. The van der Waals surface area contributed by atoms with Gasteiger partial charge >= 0.3 is 5.97 Å². The number of halogens is 2. The molecule has 1 heterocycles. The van der Waals surface area contributed by atoms with Crippen LogP contribution >= 0.6 is 34.5 Å². The molecule has 0 saturated heterocycles. The fourth-order valence-electron chi connectivity index (χ4n) is 1.05. The minimum Gasteiger partial charge on any atom is -0.480 e. The van der Waals surface area contributed by atoms with Crippen LogP contribution in [0.15, 0.2) is 6.07 Å². The van der Waals surface area contributed by atoms with E-state index in [4.69, 9.17) is 34.7 Å². The molecule has 1 aromatic rings. The summed E-state index contributed by atoms with van der Waals surface area (Å²) in [7, 11) is 0. The average molecular weight is 292 g/mol. The minimum absolute atomic E-state index is 0.101. The van der Waals surface area contributed by atoms with E-state index >= 15 is 0 Å². The molecule has 1 unspecified atom stereocenters. The van der Waals surface area contributed by atoms with Crippen molar-refractivity contribution in [1.82, 2.24) is 5.32 Å². The van der Waals surface area contributed by atoms with Gasteiger partial charge in [-0.15, -0.1) is 23.7 Å². The summed E-state index contributed by atoms with van der Waals surface area (Å²) in [5.41, 5.74) is 0.143. The Bertz CT molecular complexity index is 492. The van der Waals surface area contributed by atoms with Crippen LogP contribution in [0.1, 0.15) is 16.8 Å². The van der Waals surface area contributed by atoms with E-state index in [2.05, 4.69) is 11.2 Å². The number of thiophene rings is 1. The molecule has 4 nitrogen and oxygen atoms in total. The maximum absolute atomic E-state index is 11.7. The minimum atomic E-state index is -1.20. The Morgan fingerprint density at radius 2 is 2.24 bits per heavy atom. The third kappa shape index (κ3) is 3.63. The van der Waals surface area contributed by atoms with Gasteiger partial charge in [0.15, 0.2) is 0 Å². The standard InChI is InChI=1S/C10H7Cl2NO3S/c1-2-3-6(10(15)16)13-9(14)5-4-7(11)17-8(5)12/h1,4,6H,3H2,(H,13,14)(H,15,16). The third-order valence-electron chi connectivity index (χ3n) is 1.83. The molecule has 0 radical (unpaired) electrons. The van der Waals surface area contributed by atoms with Gasteiger partial charge < -0.3 is 10.4 Å². The molecular weight excluding hydrogens is 285 g/mol. The Morgan fingerprint density at radius 1 is 1.59 bits per heavy atom. The number of carboxylic acids is 1. The van der Waals surface area contributed by atoms with Gasteiger partial charge in [0.25, 0.3) is 5.91 Å². The highest BCUT2D eigenvalue weighted by Crippen LogP contribution is 2.31. The summed E-state index contributed by atoms with van der Waals surface area (Å²) >= 11 is 12.5.